The summed E-state index contributed by atoms with van der Waals surface area (Å²) in [6, 6.07) is 6.17. The number of ketones is 1. The number of carbonyl (C=O) groups is 3. The molecule has 0 aliphatic carbocycles. The Morgan fingerprint density at radius 3 is 2.26 bits per heavy atom. The van der Waals surface area contributed by atoms with Crippen molar-refractivity contribution in [2.75, 3.05) is 11.9 Å². The molecule has 1 N–H and O–H groups in total. The topological polar surface area (TPSA) is 116 Å². The number of nitro groups is 1. The van der Waals surface area contributed by atoms with E-state index in [0.29, 0.717) is 12.1 Å². The summed E-state index contributed by atoms with van der Waals surface area (Å²) in [5.41, 5.74) is -2.58. The normalized spacial score (nSPS) is 11.0. The van der Waals surface area contributed by atoms with E-state index >= 15 is 0 Å². The number of nitrogens with zero attached hydrogens (tertiary/aromatic N) is 1. The highest BCUT2D eigenvalue weighted by atomic mass is 19.4. The van der Waals surface area contributed by atoms with Crippen molar-refractivity contribution < 1.29 is 41.6 Å². The molecule has 164 valence electrons. The molecule has 1 amide bonds. The van der Waals surface area contributed by atoms with Gasteiger partial charge in [0.1, 0.15) is 11.5 Å². The molecule has 0 bridgehead atoms. The van der Waals surface area contributed by atoms with Gasteiger partial charge >= 0.3 is 12.1 Å². The number of alkyl halides is 3. The van der Waals surface area contributed by atoms with Gasteiger partial charge in [-0.25, -0.2) is 4.39 Å². The fraction of sp³-hybridized carbons (Fsp3) is 0.211. The van der Waals surface area contributed by atoms with Gasteiger partial charge in [0.25, 0.3) is 11.6 Å². The highest BCUT2D eigenvalue weighted by Crippen LogP contribution is 2.34. The largest absolute Gasteiger partial charge is 0.456 e. The van der Waals surface area contributed by atoms with Crippen molar-refractivity contribution in [2.45, 2.75) is 19.0 Å². The van der Waals surface area contributed by atoms with Crippen LogP contribution in [0.3, 0.4) is 0 Å². The molecule has 8 nitrogen and oxygen atoms in total. The molecule has 2 rings (SSSR count). The fourth-order valence-corrected chi connectivity index (χ4v) is 2.36. The summed E-state index contributed by atoms with van der Waals surface area (Å²) >= 11 is 0. The molecule has 0 saturated carbocycles. The van der Waals surface area contributed by atoms with Crippen molar-refractivity contribution in [3.05, 3.63) is 69.5 Å². The summed E-state index contributed by atoms with van der Waals surface area (Å²) in [4.78, 5) is 45.3. The Morgan fingerprint density at radius 2 is 1.68 bits per heavy atom. The summed E-state index contributed by atoms with van der Waals surface area (Å²) in [7, 11) is 0. The van der Waals surface area contributed by atoms with Crippen LogP contribution in [0.25, 0.3) is 0 Å². The number of anilines is 1. The van der Waals surface area contributed by atoms with Gasteiger partial charge in [-0.05, 0) is 36.4 Å². The molecule has 0 atom stereocenters. The van der Waals surface area contributed by atoms with Crippen LogP contribution in [0.2, 0.25) is 0 Å². The second-order valence-electron chi connectivity index (χ2n) is 6.13. The predicted octanol–water partition coefficient (Wildman–Crippen LogP) is 3.90. The minimum absolute atomic E-state index is 0.182. The zero-order valence-electron chi connectivity index (χ0n) is 15.6. The molecule has 2 aromatic rings. The lowest BCUT2D eigenvalue weighted by Crippen LogP contribution is -2.22. The molecule has 0 spiro atoms. The van der Waals surface area contributed by atoms with Gasteiger partial charge in [-0.2, -0.15) is 13.2 Å². The van der Waals surface area contributed by atoms with E-state index in [-0.39, 0.29) is 24.5 Å². The molecule has 0 aliphatic heterocycles. The SMILES string of the molecule is O=C(COC(=O)CCC(=O)c1ccc(F)cc1)Nc1ccc(C(F)(F)F)cc1[N+](=O)[O-]. The highest BCUT2D eigenvalue weighted by Gasteiger charge is 2.33. The van der Waals surface area contributed by atoms with E-state index in [1.54, 1.807) is 0 Å². The Kier molecular flexibility index (Phi) is 7.40. The van der Waals surface area contributed by atoms with Crippen molar-refractivity contribution in [3.8, 4) is 0 Å². The Balaban J connectivity index is 1.88. The lowest BCUT2D eigenvalue weighted by Gasteiger charge is -2.10. The van der Waals surface area contributed by atoms with Crippen LogP contribution in [0, 0.1) is 15.9 Å². The van der Waals surface area contributed by atoms with Gasteiger partial charge in [-0.1, -0.05) is 0 Å². The molecule has 0 radical (unpaired) electrons. The Labute approximate surface area is 172 Å². The average Bonchev–Trinajstić information content (AvgIpc) is 2.70. The minimum atomic E-state index is -4.81. The standard InChI is InChI=1S/C19H14F4N2O6/c20-13-4-1-11(2-5-13)16(26)7-8-18(28)31-10-17(27)24-14-6-3-12(19(21,22)23)9-15(14)25(29)30/h1-6,9H,7-8,10H2,(H,24,27). The molecule has 0 aliphatic rings. The summed E-state index contributed by atoms with van der Waals surface area (Å²) in [5, 5.41) is 13.0. The molecule has 0 heterocycles. The number of halogens is 4. The first kappa shape index (κ1) is 23.4. The number of nitrogens with one attached hydrogen (secondary N) is 1. The summed E-state index contributed by atoms with van der Waals surface area (Å²) in [6.07, 6.45) is -5.46. The molecule has 2 aromatic carbocycles. The number of carbonyl (C=O) groups excluding carboxylic acids is 3. The van der Waals surface area contributed by atoms with Gasteiger partial charge in [0.05, 0.1) is 16.9 Å². The van der Waals surface area contributed by atoms with Gasteiger partial charge < -0.3 is 10.1 Å². The van der Waals surface area contributed by atoms with Gasteiger partial charge in [-0.15, -0.1) is 0 Å². The third-order valence-electron chi connectivity index (χ3n) is 3.88. The number of benzene rings is 2. The van der Waals surface area contributed by atoms with Gasteiger partial charge in [0, 0.05) is 18.1 Å². The number of Topliss-reactive ketones (excluding diaryl/α,β-unsaturated/α-hetero) is 1. The van der Waals surface area contributed by atoms with Gasteiger partial charge in [-0.3, -0.25) is 24.5 Å². The minimum Gasteiger partial charge on any atom is -0.456 e. The number of hydrogen-bond acceptors (Lipinski definition) is 6. The number of nitro benzene ring substituents is 1. The highest BCUT2D eigenvalue weighted by molar-refractivity contribution is 5.98. The lowest BCUT2D eigenvalue weighted by atomic mass is 10.1. The maximum Gasteiger partial charge on any atom is 0.416 e. The third-order valence-corrected chi connectivity index (χ3v) is 3.88. The number of rotatable bonds is 8. The summed E-state index contributed by atoms with van der Waals surface area (Å²) < 4.78 is 55.5. The monoisotopic (exact) mass is 442 g/mol. The molecule has 31 heavy (non-hydrogen) atoms. The van der Waals surface area contributed by atoms with Crippen LogP contribution in [-0.2, 0) is 20.5 Å². The Hall–Kier alpha value is -3.83. The molecule has 0 saturated heterocycles. The fourth-order valence-electron chi connectivity index (χ4n) is 2.36. The first-order chi connectivity index (χ1) is 14.5. The van der Waals surface area contributed by atoms with Crippen molar-refractivity contribution in [2.24, 2.45) is 0 Å². The number of esters is 1. The zero-order chi connectivity index (χ0) is 23.2. The second-order valence-corrected chi connectivity index (χ2v) is 6.13. The van der Waals surface area contributed by atoms with Crippen LogP contribution in [-0.4, -0.2) is 29.2 Å². The maximum absolute atomic E-state index is 12.8. The molecule has 0 unspecified atom stereocenters. The molecule has 12 heteroatoms. The number of amides is 1. The van der Waals surface area contributed by atoms with Crippen molar-refractivity contribution in [1.82, 2.24) is 0 Å². The van der Waals surface area contributed by atoms with Gasteiger partial charge in [0.2, 0.25) is 0 Å². The van der Waals surface area contributed by atoms with Crippen molar-refractivity contribution in [3.63, 3.8) is 0 Å². The van der Waals surface area contributed by atoms with E-state index in [2.05, 4.69) is 4.74 Å². The predicted molar refractivity (Wildman–Crippen MR) is 97.7 cm³/mol. The van der Waals surface area contributed by atoms with Crippen LogP contribution in [0.1, 0.15) is 28.8 Å². The zero-order valence-corrected chi connectivity index (χ0v) is 15.6. The Morgan fingerprint density at radius 1 is 1.03 bits per heavy atom. The van der Waals surface area contributed by atoms with E-state index in [1.165, 1.54) is 12.1 Å². The Bertz CT molecular complexity index is 1010. The van der Waals surface area contributed by atoms with Crippen LogP contribution in [0.4, 0.5) is 28.9 Å². The van der Waals surface area contributed by atoms with Gasteiger partial charge in [0.15, 0.2) is 12.4 Å². The molecular weight excluding hydrogens is 428 g/mol. The van der Waals surface area contributed by atoms with Crippen LogP contribution < -0.4 is 5.32 Å². The second kappa shape index (κ2) is 9.78. The summed E-state index contributed by atoms with van der Waals surface area (Å²) in [6.45, 7) is -0.873. The van der Waals surface area contributed by atoms with Crippen LogP contribution in [0.15, 0.2) is 42.5 Å². The number of ether oxygens (including phenoxy) is 1. The third kappa shape index (κ3) is 6.87. The summed E-state index contributed by atoms with van der Waals surface area (Å²) in [5.74, 6) is -2.94. The smallest absolute Gasteiger partial charge is 0.416 e. The number of hydrogen-bond donors (Lipinski definition) is 1. The van der Waals surface area contributed by atoms with E-state index in [4.69, 9.17) is 0 Å². The molecule has 0 fully saturated rings. The van der Waals surface area contributed by atoms with Crippen molar-refractivity contribution in [1.29, 1.82) is 0 Å². The first-order valence-corrected chi connectivity index (χ1v) is 8.57. The molecular formula is C19H14F4N2O6. The maximum atomic E-state index is 12.8. The quantitative estimate of drug-likeness (QED) is 0.218. The molecule has 0 aromatic heterocycles. The van der Waals surface area contributed by atoms with E-state index in [0.717, 1.165) is 12.1 Å². The van der Waals surface area contributed by atoms with E-state index < -0.39 is 58.1 Å². The van der Waals surface area contributed by atoms with Crippen LogP contribution >= 0.6 is 0 Å². The van der Waals surface area contributed by atoms with Crippen molar-refractivity contribution >= 4 is 29.0 Å². The van der Waals surface area contributed by atoms with E-state index in [9.17, 15) is 42.1 Å². The average molecular weight is 442 g/mol. The lowest BCUT2D eigenvalue weighted by molar-refractivity contribution is -0.384. The van der Waals surface area contributed by atoms with E-state index in [1.807, 2.05) is 5.32 Å². The first-order valence-electron chi connectivity index (χ1n) is 8.57. The van der Waals surface area contributed by atoms with Crippen LogP contribution in [0.5, 0.6) is 0 Å².